The van der Waals surface area contributed by atoms with Gasteiger partial charge in [0.25, 0.3) is 0 Å². The normalized spacial score (nSPS) is 18.6. The molecule has 0 aliphatic carbocycles. The Bertz CT molecular complexity index is 735. The van der Waals surface area contributed by atoms with Gasteiger partial charge in [0.15, 0.2) is 0 Å². The summed E-state index contributed by atoms with van der Waals surface area (Å²) in [6.07, 6.45) is 6.83. The van der Waals surface area contributed by atoms with Crippen molar-refractivity contribution in [3.8, 4) is 0 Å². The van der Waals surface area contributed by atoms with Gasteiger partial charge in [0.1, 0.15) is 10.5 Å². The van der Waals surface area contributed by atoms with Gasteiger partial charge in [0, 0.05) is 30.4 Å². The molecule has 1 saturated heterocycles. The summed E-state index contributed by atoms with van der Waals surface area (Å²) in [5.74, 6) is 0. The Labute approximate surface area is 131 Å². The summed E-state index contributed by atoms with van der Waals surface area (Å²) in [5.41, 5.74) is 0.589. The molecule has 0 aromatic carbocycles. The standard InChI is InChI=1S/C15H22N4O2S/c1-12(11-19-8-3-2-4-9-19)18-22(20,21)14-10-17-15-13(14)6-5-7-16-15/h5-7,10,12,18H,2-4,8-9,11H2,1H3,(H,16,17)/t12-/m0/s1. The fraction of sp³-hybridized carbons (Fsp3) is 0.533. The van der Waals surface area contributed by atoms with Gasteiger partial charge in [-0.1, -0.05) is 6.42 Å². The first-order valence-corrected chi connectivity index (χ1v) is 9.21. The van der Waals surface area contributed by atoms with Crippen molar-refractivity contribution in [3.05, 3.63) is 24.5 Å². The number of likely N-dealkylation sites (tertiary alicyclic amines) is 1. The third-order valence-electron chi connectivity index (χ3n) is 4.04. The number of piperidine rings is 1. The van der Waals surface area contributed by atoms with Crippen molar-refractivity contribution in [1.82, 2.24) is 19.6 Å². The van der Waals surface area contributed by atoms with E-state index in [1.165, 1.54) is 25.5 Å². The minimum Gasteiger partial charge on any atom is -0.345 e. The van der Waals surface area contributed by atoms with E-state index in [0.717, 1.165) is 19.6 Å². The van der Waals surface area contributed by atoms with Crippen LogP contribution >= 0.6 is 0 Å². The lowest BCUT2D eigenvalue weighted by Gasteiger charge is -2.29. The molecule has 3 rings (SSSR count). The zero-order chi connectivity index (χ0) is 15.6. The Morgan fingerprint density at radius 1 is 1.36 bits per heavy atom. The zero-order valence-electron chi connectivity index (χ0n) is 12.7. The summed E-state index contributed by atoms with van der Waals surface area (Å²) in [6.45, 7) is 4.78. The van der Waals surface area contributed by atoms with Gasteiger partial charge in [-0.25, -0.2) is 18.1 Å². The van der Waals surface area contributed by atoms with Gasteiger partial charge in [-0.3, -0.25) is 0 Å². The number of pyridine rings is 1. The van der Waals surface area contributed by atoms with Gasteiger partial charge < -0.3 is 9.88 Å². The van der Waals surface area contributed by atoms with Crippen LogP contribution in [0.3, 0.4) is 0 Å². The molecule has 2 aromatic rings. The molecule has 22 heavy (non-hydrogen) atoms. The van der Waals surface area contributed by atoms with Gasteiger partial charge in [-0.2, -0.15) is 0 Å². The van der Waals surface area contributed by atoms with Crippen LogP contribution < -0.4 is 4.72 Å². The van der Waals surface area contributed by atoms with Crippen LogP contribution in [0, 0.1) is 0 Å². The Kier molecular flexibility index (Phi) is 4.46. The maximum absolute atomic E-state index is 12.6. The van der Waals surface area contributed by atoms with Crippen LogP contribution in [-0.4, -0.2) is 49.0 Å². The van der Waals surface area contributed by atoms with E-state index in [-0.39, 0.29) is 10.9 Å². The van der Waals surface area contributed by atoms with Crippen molar-refractivity contribution in [2.45, 2.75) is 37.1 Å². The number of fused-ring (bicyclic) bond motifs is 1. The first-order valence-electron chi connectivity index (χ1n) is 7.73. The van der Waals surface area contributed by atoms with Crippen LogP contribution in [0.25, 0.3) is 11.0 Å². The lowest BCUT2D eigenvalue weighted by molar-refractivity contribution is 0.215. The fourth-order valence-electron chi connectivity index (χ4n) is 3.05. The summed E-state index contributed by atoms with van der Waals surface area (Å²) in [7, 11) is -3.54. The smallest absolute Gasteiger partial charge is 0.243 e. The molecule has 1 atom stereocenters. The number of aromatic nitrogens is 2. The van der Waals surface area contributed by atoms with Crippen LogP contribution in [0.4, 0.5) is 0 Å². The molecule has 7 heteroatoms. The van der Waals surface area contributed by atoms with Crippen molar-refractivity contribution in [3.63, 3.8) is 0 Å². The number of nitrogens with one attached hydrogen (secondary N) is 2. The molecule has 3 heterocycles. The molecule has 0 bridgehead atoms. The Morgan fingerprint density at radius 3 is 2.91 bits per heavy atom. The molecule has 0 amide bonds. The van der Waals surface area contributed by atoms with Crippen LogP contribution in [-0.2, 0) is 10.0 Å². The quantitative estimate of drug-likeness (QED) is 0.878. The number of nitrogens with zero attached hydrogens (tertiary/aromatic N) is 2. The maximum atomic E-state index is 12.6. The molecule has 0 saturated carbocycles. The number of hydrogen-bond acceptors (Lipinski definition) is 4. The van der Waals surface area contributed by atoms with Gasteiger partial charge in [0.05, 0.1) is 0 Å². The lowest BCUT2D eigenvalue weighted by Crippen LogP contribution is -2.43. The summed E-state index contributed by atoms with van der Waals surface area (Å²) in [6, 6.07) is 3.39. The predicted octanol–water partition coefficient (Wildman–Crippen LogP) is 1.72. The fourth-order valence-corrected chi connectivity index (χ4v) is 4.45. The van der Waals surface area contributed by atoms with E-state index in [4.69, 9.17) is 0 Å². The molecular weight excluding hydrogens is 300 g/mol. The highest BCUT2D eigenvalue weighted by Gasteiger charge is 2.23. The molecule has 0 spiro atoms. The number of sulfonamides is 1. The molecule has 1 aliphatic heterocycles. The number of rotatable bonds is 5. The highest BCUT2D eigenvalue weighted by atomic mass is 32.2. The van der Waals surface area contributed by atoms with Gasteiger partial charge >= 0.3 is 0 Å². The van der Waals surface area contributed by atoms with E-state index < -0.39 is 10.0 Å². The van der Waals surface area contributed by atoms with Gasteiger partial charge in [-0.05, 0) is 45.0 Å². The van der Waals surface area contributed by atoms with E-state index in [1.54, 1.807) is 18.3 Å². The van der Waals surface area contributed by atoms with Crippen LogP contribution in [0.1, 0.15) is 26.2 Å². The predicted molar refractivity (Wildman–Crippen MR) is 86.2 cm³/mol. The Hall–Kier alpha value is -1.44. The minimum atomic E-state index is -3.54. The van der Waals surface area contributed by atoms with Crippen LogP contribution in [0.5, 0.6) is 0 Å². The second-order valence-electron chi connectivity index (χ2n) is 5.94. The molecule has 0 radical (unpaired) electrons. The summed E-state index contributed by atoms with van der Waals surface area (Å²) < 4.78 is 27.9. The van der Waals surface area contributed by atoms with Crippen LogP contribution in [0.2, 0.25) is 0 Å². The molecule has 1 fully saturated rings. The molecule has 1 aliphatic rings. The van der Waals surface area contributed by atoms with Crippen molar-refractivity contribution >= 4 is 21.1 Å². The van der Waals surface area contributed by atoms with Gasteiger partial charge in [0.2, 0.25) is 10.0 Å². The highest BCUT2D eigenvalue weighted by molar-refractivity contribution is 7.89. The monoisotopic (exact) mass is 322 g/mol. The molecule has 2 N–H and O–H groups in total. The molecule has 120 valence electrons. The molecule has 2 aromatic heterocycles. The number of hydrogen-bond donors (Lipinski definition) is 2. The average Bonchev–Trinajstić information content (AvgIpc) is 2.92. The maximum Gasteiger partial charge on any atom is 0.243 e. The minimum absolute atomic E-state index is 0.121. The second-order valence-corrected chi connectivity index (χ2v) is 7.62. The highest BCUT2D eigenvalue weighted by Crippen LogP contribution is 2.21. The summed E-state index contributed by atoms with van der Waals surface area (Å²) in [4.78, 5) is 9.63. The Morgan fingerprint density at radius 2 is 2.14 bits per heavy atom. The van der Waals surface area contributed by atoms with Crippen molar-refractivity contribution in [2.24, 2.45) is 0 Å². The lowest BCUT2D eigenvalue weighted by atomic mass is 10.1. The zero-order valence-corrected chi connectivity index (χ0v) is 13.6. The topological polar surface area (TPSA) is 78.1 Å². The van der Waals surface area contributed by atoms with Crippen molar-refractivity contribution < 1.29 is 8.42 Å². The first-order chi connectivity index (χ1) is 10.6. The first kappa shape index (κ1) is 15.5. The largest absolute Gasteiger partial charge is 0.345 e. The molecule has 0 unspecified atom stereocenters. The van der Waals surface area contributed by atoms with E-state index in [0.29, 0.717) is 11.0 Å². The SMILES string of the molecule is C[C@@H](CN1CCCCC1)NS(=O)(=O)c1c[nH]c2ncccc12. The summed E-state index contributed by atoms with van der Waals surface area (Å²) in [5, 5.41) is 0.625. The second kappa shape index (κ2) is 6.36. The Balaban J connectivity index is 1.72. The number of H-pyrrole nitrogens is 1. The van der Waals surface area contributed by atoms with Crippen LogP contribution in [0.15, 0.2) is 29.4 Å². The van der Waals surface area contributed by atoms with Gasteiger partial charge in [-0.15, -0.1) is 0 Å². The van der Waals surface area contributed by atoms with E-state index in [9.17, 15) is 8.42 Å². The molecule has 6 nitrogen and oxygen atoms in total. The average molecular weight is 322 g/mol. The van der Waals surface area contributed by atoms with Crippen molar-refractivity contribution in [1.29, 1.82) is 0 Å². The number of aromatic amines is 1. The van der Waals surface area contributed by atoms with E-state index in [2.05, 4.69) is 19.6 Å². The molecular formula is C15H22N4O2S. The third kappa shape index (κ3) is 3.31. The summed E-state index contributed by atoms with van der Waals surface area (Å²) >= 11 is 0. The van der Waals surface area contributed by atoms with E-state index in [1.807, 2.05) is 6.92 Å². The third-order valence-corrected chi connectivity index (χ3v) is 5.67. The van der Waals surface area contributed by atoms with E-state index >= 15 is 0 Å². The van der Waals surface area contributed by atoms with Crippen molar-refractivity contribution in [2.75, 3.05) is 19.6 Å².